The zero-order valence-electron chi connectivity index (χ0n) is 14.1. The molecule has 0 spiro atoms. The van der Waals surface area contributed by atoms with Crippen molar-refractivity contribution in [2.75, 3.05) is 0 Å². The van der Waals surface area contributed by atoms with E-state index in [2.05, 4.69) is 10.6 Å². The normalized spacial score (nSPS) is 13.6. The van der Waals surface area contributed by atoms with Crippen molar-refractivity contribution < 1.29 is 23.5 Å². The monoisotopic (exact) mass is 342 g/mol. The van der Waals surface area contributed by atoms with Crippen molar-refractivity contribution in [1.82, 2.24) is 10.6 Å². The summed E-state index contributed by atoms with van der Waals surface area (Å²) in [6.07, 6.45) is 0.783. The summed E-state index contributed by atoms with van der Waals surface area (Å²) >= 11 is 0. The van der Waals surface area contributed by atoms with Gasteiger partial charge in [-0.3, -0.25) is 14.9 Å². The second-order valence-corrected chi connectivity index (χ2v) is 6.10. The minimum Gasteiger partial charge on any atom is -0.480 e. The largest absolute Gasteiger partial charge is 0.480 e. The van der Waals surface area contributed by atoms with Gasteiger partial charge in [0.05, 0.1) is 6.04 Å². The molecule has 24 heavy (non-hydrogen) atoms. The molecule has 1 amide bonds. The molecule has 0 aliphatic rings. The van der Waals surface area contributed by atoms with Crippen LogP contribution in [0.5, 0.6) is 0 Å². The molecule has 2 atom stereocenters. The fourth-order valence-electron chi connectivity index (χ4n) is 2.30. The third-order valence-electron chi connectivity index (χ3n) is 3.60. The summed E-state index contributed by atoms with van der Waals surface area (Å²) in [5.74, 6) is -2.69. The maximum absolute atomic E-state index is 13.6. The van der Waals surface area contributed by atoms with Crippen molar-refractivity contribution in [3.8, 4) is 0 Å². The lowest BCUT2D eigenvalue weighted by molar-refractivity contribution is -0.140. The summed E-state index contributed by atoms with van der Waals surface area (Å²) < 4.78 is 26.5. The Morgan fingerprint density at radius 1 is 1.21 bits per heavy atom. The average molecular weight is 342 g/mol. The van der Waals surface area contributed by atoms with Gasteiger partial charge in [0, 0.05) is 18.2 Å². The number of hydrogen-bond acceptors (Lipinski definition) is 3. The average Bonchev–Trinajstić information content (AvgIpc) is 2.49. The zero-order chi connectivity index (χ0) is 18.3. The Kier molecular flexibility index (Phi) is 7.78. The van der Waals surface area contributed by atoms with Crippen LogP contribution < -0.4 is 10.6 Å². The summed E-state index contributed by atoms with van der Waals surface area (Å²) in [4.78, 5) is 23.5. The van der Waals surface area contributed by atoms with Crippen molar-refractivity contribution in [2.45, 2.75) is 52.2 Å². The molecule has 0 fully saturated rings. The van der Waals surface area contributed by atoms with Crippen LogP contribution in [0.25, 0.3) is 0 Å². The highest BCUT2D eigenvalue weighted by atomic mass is 19.1. The van der Waals surface area contributed by atoms with Crippen molar-refractivity contribution in [2.24, 2.45) is 5.92 Å². The second-order valence-electron chi connectivity index (χ2n) is 6.10. The number of halogens is 2. The molecule has 1 aromatic carbocycles. The van der Waals surface area contributed by atoms with Gasteiger partial charge >= 0.3 is 5.97 Å². The summed E-state index contributed by atoms with van der Waals surface area (Å²) in [6.45, 7) is 5.46. The van der Waals surface area contributed by atoms with E-state index >= 15 is 0 Å². The molecule has 0 bridgehead atoms. The van der Waals surface area contributed by atoms with Crippen LogP contribution >= 0.6 is 0 Å². The SMILES string of the molecule is CCC(NC(CC(C)C)C(=O)NCc1ccc(F)cc1F)C(=O)O. The highest BCUT2D eigenvalue weighted by molar-refractivity contribution is 5.83. The molecule has 3 N–H and O–H groups in total. The molecule has 0 heterocycles. The molecule has 0 aliphatic heterocycles. The Morgan fingerprint density at radius 2 is 1.88 bits per heavy atom. The number of nitrogens with one attached hydrogen (secondary N) is 2. The number of carboxylic acids is 1. The van der Waals surface area contributed by atoms with E-state index in [1.54, 1.807) is 6.92 Å². The van der Waals surface area contributed by atoms with Gasteiger partial charge in [0.1, 0.15) is 17.7 Å². The van der Waals surface area contributed by atoms with E-state index in [-0.39, 0.29) is 18.0 Å². The molecule has 5 nitrogen and oxygen atoms in total. The predicted octanol–water partition coefficient (Wildman–Crippen LogP) is 2.45. The number of aliphatic carboxylic acids is 1. The Morgan fingerprint density at radius 3 is 2.38 bits per heavy atom. The third-order valence-corrected chi connectivity index (χ3v) is 3.60. The van der Waals surface area contributed by atoms with Gasteiger partial charge in [-0.2, -0.15) is 0 Å². The van der Waals surface area contributed by atoms with Crippen LogP contribution in [-0.4, -0.2) is 29.1 Å². The number of carbonyl (C=O) groups excluding carboxylic acids is 1. The Bertz CT molecular complexity index is 579. The molecule has 7 heteroatoms. The first-order valence-electron chi connectivity index (χ1n) is 7.95. The molecule has 0 radical (unpaired) electrons. The van der Waals surface area contributed by atoms with Crippen molar-refractivity contribution >= 4 is 11.9 Å². The Balaban J connectivity index is 2.74. The number of rotatable bonds is 9. The van der Waals surface area contributed by atoms with Gasteiger partial charge in [0.2, 0.25) is 5.91 Å². The second kappa shape index (κ2) is 9.32. The topological polar surface area (TPSA) is 78.4 Å². The molecule has 1 aromatic rings. The van der Waals surface area contributed by atoms with Gasteiger partial charge in [-0.25, -0.2) is 8.78 Å². The third kappa shape index (κ3) is 6.23. The van der Waals surface area contributed by atoms with Gasteiger partial charge in [-0.1, -0.05) is 26.8 Å². The highest BCUT2D eigenvalue weighted by Gasteiger charge is 2.25. The fraction of sp³-hybridized carbons (Fsp3) is 0.529. The predicted molar refractivity (Wildman–Crippen MR) is 86.3 cm³/mol. The number of amides is 1. The number of carboxylic acid groups (broad SMARTS) is 1. The summed E-state index contributed by atoms with van der Waals surface area (Å²) in [5, 5.41) is 14.5. The number of hydrogen-bond donors (Lipinski definition) is 3. The van der Waals surface area contributed by atoms with E-state index < -0.39 is 35.6 Å². The molecular weight excluding hydrogens is 318 g/mol. The lowest BCUT2D eigenvalue weighted by Gasteiger charge is -2.23. The molecular formula is C17H24F2N2O3. The summed E-state index contributed by atoms with van der Waals surface area (Å²) in [6, 6.07) is 1.60. The van der Waals surface area contributed by atoms with Crippen LogP contribution in [0.4, 0.5) is 8.78 Å². The zero-order valence-corrected chi connectivity index (χ0v) is 14.1. The van der Waals surface area contributed by atoms with E-state index in [4.69, 9.17) is 5.11 Å². The van der Waals surface area contributed by atoms with Crippen LogP contribution in [0, 0.1) is 17.6 Å². The molecule has 0 saturated heterocycles. The van der Waals surface area contributed by atoms with Crippen LogP contribution in [-0.2, 0) is 16.1 Å². The Hall–Kier alpha value is -2.02. The number of benzene rings is 1. The fourth-order valence-corrected chi connectivity index (χ4v) is 2.30. The van der Waals surface area contributed by atoms with Gasteiger partial charge < -0.3 is 10.4 Å². The van der Waals surface area contributed by atoms with Gasteiger partial charge in [0.15, 0.2) is 0 Å². The Labute approximate surface area is 140 Å². The van der Waals surface area contributed by atoms with Gasteiger partial charge in [0.25, 0.3) is 0 Å². The number of carbonyl (C=O) groups is 2. The molecule has 0 aromatic heterocycles. The van der Waals surface area contributed by atoms with Crippen LogP contribution in [0.3, 0.4) is 0 Å². The minimum atomic E-state index is -1.02. The van der Waals surface area contributed by atoms with Crippen LogP contribution in [0.2, 0.25) is 0 Å². The van der Waals surface area contributed by atoms with Crippen molar-refractivity contribution in [1.29, 1.82) is 0 Å². The van der Waals surface area contributed by atoms with Crippen molar-refractivity contribution in [3.63, 3.8) is 0 Å². The maximum Gasteiger partial charge on any atom is 0.320 e. The highest BCUT2D eigenvalue weighted by Crippen LogP contribution is 2.11. The van der Waals surface area contributed by atoms with E-state index in [0.717, 1.165) is 12.1 Å². The maximum atomic E-state index is 13.6. The summed E-state index contributed by atoms with van der Waals surface area (Å²) in [7, 11) is 0. The molecule has 134 valence electrons. The molecule has 1 rings (SSSR count). The summed E-state index contributed by atoms with van der Waals surface area (Å²) in [5.41, 5.74) is 0.165. The molecule has 0 saturated carbocycles. The van der Waals surface area contributed by atoms with E-state index in [9.17, 15) is 18.4 Å². The lowest BCUT2D eigenvalue weighted by atomic mass is 10.0. The molecule has 2 unspecified atom stereocenters. The van der Waals surface area contributed by atoms with Crippen LogP contribution in [0.15, 0.2) is 18.2 Å². The van der Waals surface area contributed by atoms with E-state index in [1.807, 2.05) is 13.8 Å². The first-order chi connectivity index (χ1) is 11.2. The van der Waals surface area contributed by atoms with Gasteiger partial charge in [-0.15, -0.1) is 0 Å². The minimum absolute atomic E-state index is 0.0922. The van der Waals surface area contributed by atoms with Crippen molar-refractivity contribution in [3.05, 3.63) is 35.4 Å². The van der Waals surface area contributed by atoms with E-state index in [1.165, 1.54) is 6.07 Å². The van der Waals surface area contributed by atoms with E-state index in [0.29, 0.717) is 12.8 Å². The lowest BCUT2D eigenvalue weighted by Crippen LogP contribution is -2.51. The standard InChI is InChI=1S/C17H24F2N2O3/c1-4-14(17(23)24)21-15(7-10(2)3)16(22)20-9-11-5-6-12(18)8-13(11)19/h5-6,8,10,14-15,21H,4,7,9H2,1-3H3,(H,20,22)(H,23,24). The van der Waals surface area contributed by atoms with Crippen LogP contribution in [0.1, 0.15) is 39.2 Å². The molecule has 0 aliphatic carbocycles. The smallest absolute Gasteiger partial charge is 0.320 e. The first-order valence-corrected chi connectivity index (χ1v) is 7.95. The first kappa shape index (κ1) is 20.0. The quantitative estimate of drug-likeness (QED) is 0.644. The van der Waals surface area contributed by atoms with Gasteiger partial charge in [-0.05, 0) is 24.8 Å².